The van der Waals surface area contributed by atoms with E-state index >= 15 is 0 Å². The van der Waals surface area contributed by atoms with Crippen LogP contribution < -0.4 is 10.6 Å². The molecule has 0 bridgehead atoms. The molecule has 0 saturated carbocycles. The third-order valence-electron chi connectivity index (χ3n) is 4.21. The number of imidazole rings is 1. The van der Waals surface area contributed by atoms with E-state index in [2.05, 4.69) is 44.6 Å². The average Bonchev–Trinajstić information content (AvgIpc) is 2.92. The number of piperazine rings is 1. The highest BCUT2D eigenvalue weighted by Gasteiger charge is 2.16. The Morgan fingerprint density at radius 3 is 2.38 bits per heavy atom. The molecule has 2 aromatic rings. The minimum atomic E-state index is 0.827. The van der Waals surface area contributed by atoms with E-state index in [0.717, 1.165) is 50.8 Å². The number of anilines is 2. The molecule has 1 aromatic carbocycles. The van der Waals surface area contributed by atoms with Gasteiger partial charge in [0, 0.05) is 63.0 Å². The van der Waals surface area contributed by atoms with Gasteiger partial charge in [0.2, 0.25) is 0 Å². The summed E-state index contributed by atoms with van der Waals surface area (Å²) in [4.78, 5) is 9.22. The van der Waals surface area contributed by atoms with Crippen molar-refractivity contribution in [2.45, 2.75) is 13.5 Å². The van der Waals surface area contributed by atoms with Crippen molar-refractivity contribution in [3.05, 3.63) is 42.5 Å². The smallest absolute Gasteiger partial charge is 0.105 e. The number of hydrogen-bond acceptors (Lipinski definition) is 4. The van der Waals surface area contributed by atoms with E-state index < -0.39 is 0 Å². The quantitative estimate of drug-likeness (QED) is 0.867. The summed E-state index contributed by atoms with van der Waals surface area (Å²) in [7, 11) is 0. The summed E-state index contributed by atoms with van der Waals surface area (Å²) in [5, 5.41) is 0. The molecule has 0 spiro atoms. The molecule has 1 aromatic heterocycles. The Labute approximate surface area is 126 Å². The van der Waals surface area contributed by atoms with Crippen LogP contribution in [0.1, 0.15) is 5.82 Å². The van der Waals surface area contributed by atoms with Gasteiger partial charge in [-0.3, -0.25) is 4.90 Å². The van der Waals surface area contributed by atoms with Gasteiger partial charge in [0.15, 0.2) is 0 Å². The van der Waals surface area contributed by atoms with Crippen molar-refractivity contribution in [1.29, 1.82) is 0 Å². The maximum absolute atomic E-state index is 5.74. The lowest BCUT2D eigenvalue weighted by Gasteiger charge is -2.36. The first kappa shape index (κ1) is 13.9. The first-order chi connectivity index (χ1) is 10.2. The first-order valence-electron chi connectivity index (χ1n) is 7.53. The second kappa shape index (κ2) is 6.18. The summed E-state index contributed by atoms with van der Waals surface area (Å²) >= 11 is 0. The predicted octanol–water partition coefficient (Wildman–Crippen LogP) is 1.60. The second-order valence-corrected chi connectivity index (χ2v) is 5.59. The maximum Gasteiger partial charge on any atom is 0.105 e. The third kappa shape index (κ3) is 3.36. The van der Waals surface area contributed by atoms with Gasteiger partial charge in [-0.05, 0) is 31.2 Å². The molecule has 5 nitrogen and oxygen atoms in total. The normalized spacial score (nSPS) is 16.3. The van der Waals surface area contributed by atoms with E-state index in [9.17, 15) is 0 Å². The van der Waals surface area contributed by atoms with Crippen molar-refractivity contribution in [1.82, 2.24) is 14.5 Å². The summed E-state index contributed by atoms with van der Waals surface area (Å²) in [6.07, 6.45) is 3.92. The Hall–Kier alpha value is -2.01. The molecule has 1 aliphatic rings. The number of hydrogen-bond donors (Lipinski definition) is 1. The van der Waals surface area contributed by atoms with Crippen molar-refractivity contribution in [3.8, 4) is 0 Å². The molecule has 112 valence electrons. The topological polar surface area (TPSA) is 50.3 Å². The molecule has 1 aliphatic heterocycles. The van der Waals surface area contributed by atoms with Gasteiger partial charge in [0.25, 0.3) is 0 Å². The van der Waals surface area contributed by atoms with E-state index in [1.54, 1.807) is 0 Å². The number of aryl methyl sites for hydroxylation is 1. The van der Waals surface area contributed by atoms with Gasteiger partial charge >= 0.3 is 0 Å². The number of benzene rings is 1. The fourth-order valence-electron chi connectivity index (χ4n) is 2.80. The number of aromatic nitrogens is 2. The monoisotopic (exact) mass is 285 g/mol. The zero-order chi connectivity index (χ0) is 14.7. The number of nitrogens with zero attached hydrogens (tertiary/aromatic N) is 4. The van der Waals surface area contributed by atoms with Crippen LogP contribution in [0.5, 0.6) is 0 Å². The SMILES string of the molecule is Cc1nccn1CCN1CCN(c2ccc(N)cc2)CC1. The Morgan fingerprint density at radius 1 is 1.05 bits per heavy atom. The molecule has 0 amide bonds. The summed E-state index contributed by atoms with van der Waals surface area (Å²) < 4.78 is 2.21. The minimum absolute atomic E-state index is 0.827. The van der Waals surface area contributed by atoms with Crippen molar-refractivity contribution >= 4 is 11.4 Å². The second-order valence-electron chi connectivity index (χ2n) is 5.59. The number of rotatable bonds is 4. The van der Waals surface area contributed by atoms with Crippen LogP contribution in [0.3, 0.4) is 0 Å². The molecule has 1 saturated heterocycles. The largest absolute Gasteiger partial charge is 0.399 e. The zero-order valence-electron chi connectivity index (χ0n) is 12.6. The number of nitrogens with two attached hydrogens (primary N) is 1. The molecule has 0 radical (unpaired) electrons. The Balaban J connectivity index is 1.49. The lowest BCUT2D eigenvalue weighted by atomic mass is 10.2. The van der Waals surface area contributed by atoms with E-state index in [0.29, 0.717) is 0 Å². The van der Waals surface area contributed by atoms with Gasteiger partial charge in [-0.25, -0.2) is 4.98 Å². The molecule has 0 unspecified atom stereocenters. The fourth-order valence-corrected chi connectivity index (χ4v) is 2.80. The van der Waals surface area contributed by atoms with Crippen molar-refractivity contribution < 1.29 is 0 Å². The molecular weight excluding hydrogens is 262 g/mol. The predicted molar refractivity (Wildman–Crippen MR) is 86.5 cm³/mol. The fraction of sp³-hybridized carbons (Fsp3) is 0.438. The highest BCUT2D eigenvalue weighted by molar-refractivity contribution is 5.53. The summed E-state index contributed by atoms with van der Waals surface area (Å²) in [6, 6.07) is 8.17. The Morgan fingerprint density at radius 2 is 1.76 bits per heavy atom. The van der Waals surface area contributed by atoms with Crippen LogP contribution in [0.15, 0.2) is 36.7 Å². The number of nitrogen functional groups attached to an aromatic ring is 1. The van der Waals surface area contributed by atoms with Crippen LogP contribution in [-0.4, -0.2) is 47.2 Å². The third-order valence-corrected chi connectivity index (χ3v) is 4.21. The zero-order valence-corrected chi connectivity index (χ0v) is 12.6. The van der Waals surface area contributed by atoms with E-state index in [1.807, 2.05) is 18.3 Å². The van der Waals surface area contributed by atoms with Crippen molar-refractivity contribution in [2.75, 3.05) is 43.4 Å². The van der Waals surface area contributed by atoms with Gasteiger partial charge in [-0.15, -0.1) is 0 Å². The summed E-state index contributed by atoms with van der Waals surface area (Å²) in [6.45, 7) is 8.54. The Bertz CT molecular complexity index is 567. The van der Waals surface area contributed by atoms with Gasteiger partial charge < -0.3 is 15.2 Å². The van der Waals surface area contributed by atoms with E-state index in [-0.39, 0.29) is 0 Å². The highest BCUT2D eigenvalue weighted by Crippen LogP contribution is 2.18. The molecule has 21 heavy (non-hydrogen) atoms. The highest BCUT2D eigenvalue weighted by atomic mass is 15.3. The lowest BCUT2D eigenvalue weighted by molar-refractivity contribution is 0.247. The molecule has 2 N–H and O–H groups in total. The molecular formula is C16H23N5. The van der Waals surface area contributed by atoms with Gasteiger partial charge in [0.05, 0.1) is 0 Å². The molecule has 5 heteroatoms. The van der Waals surface area contributed by atoms with Crippen LogP contribution in [0, 0.1) is 6.92 Å². The van der Waals surface area contributed by atoms with Gasteiger partial charge in [-0.1, -0.05) is 0 Å². The Kier molecular flexibility index (Phi) is 4.10. The maximum atomic E-state index is 5.74. The molecule has 3 rings (SSSR count). The minimum Gasteiger partial charge on any atom is -0.399 e. The molecule has 0 atom stereocenters. The first-order valence-corrected chi connectivity index (χ1v) is 7.53. The average molecular weight is 285 g/mol. The van der Waals surface area contributed by atoms with Crippen molar-refractivity contribution in [2.24, 2.45) is 0 Å². The standard InChI is InChI=1S/C16H23N5/c1-14-18-6-7-20(14)11-8-19-9-12-21(13-10-19)16-4-2-15(17)3-5-16/h2-7H,8-13,17H2,1H3. The van der Waals surface area contributed by atoms with Crippen LogP contribution in [0.2, 0.25) is 0 Å². The summed E-state index contributed by atoms with van der Waals surface area (Å²) in [5.41, 5.74) is 7.84. The van der Waals surface area contributed by atoms with Gasteiger partial charge in [-0.2, -0.15) is 0 Å². The van der Waals surface area contributed by atoms with Crippen molar-refractivity contribution in [3.63, 3.8) is 0 Å². The van der Waals surface area contributed by atoms with Crippen LogP contribution >= 0.6 is 0 Å². The van der Waals surface area contributed by atoms with Gasteiger partial charge in [0.1, 0.15) is 5.82 Å². The van der Waals surface area contributed by atoms with E-state index in [4.69, 9.17) is 5.73 Å². The van der Waals surface area contributed by atoms with E-state index in [1.165, 1.54) is 5.69 Å². The van der Waals surface area contributed by atoms with Crippen LogP contribution in [0.4, 0.5) is 11.4 Å². The molecule has 2 heterocycles. The molecule has 1 fully saturated rings. The molecule has 0 aliphatic carbocycles. The summed E-state index contributed by atoms with van der Waals surface area (Å²) in [5.74, 6) is 1.09. The van der Waals surface area contributed by atoms with Crippen LogP contribution in [-0.2, 0) is 6.54 Å². The lowest BCUT2D eigenvalue weighted by Crippen LogP contribution is -2.47. The van der Waals surface area contributed by atoms with Crippen LogP contribution in [0.25, 0.3) is 0 Å².